The zero-order valence-electron chi connectivity index (χ0n) is 18.4. The van der Waals surface area contributed by atoms with E-state index in [2.05, 4.69) is 15.6 Å². The van der Waals surface area contributed by atoms with E-state index in [9.17, 15) is 23.9 Å². The van der Waals surface area contributed by atoms with Gasteiger partial charge in [0.25, 0.3) is 0 Å². The van der Waals surface area contributed by atoms with Gasteiger partial charge in [-0.1, -0.05) is 12.2 Å². The number of carbonyl (C=O) groups excluding carboxylic acids is 2. The highest BCUT2D eigenvalue weighted by Crippen LogP contribution is 2.28. The number of aromatic nitrogens is 1. The maximum atomic E-state index is 13.1. The third-order valence-corrected chi connectivity index (χ3v) is 7.24. The van der Waals surface area contributed by atoms with Crippen LogP contribution >= 0.6 is 23.1 Å². The monoisotopic (exact) mass is 511 g/mol. The van der Waals surface area contributed by atoms with Crippen LogP contribution in [0.3, 0.4) is 0 Å². The molecule has 0 bridgehead atoms. The quantitative estimate of drug-likeness (QED) is 0.280. The van der Waals surface area contributed by atoms with Gasteiger partial charge in [0.2, 0.25) is 11.8 Å². The minimum Gasteiger partial charge on any atom is -0.481 e. The molecule has 1 aliphatic rings. The maximum Gasteiger partial charge on any atom is 0.307 e. The lowest BCUT2D eigenvalue weighted by atomic mass is 9.82. The standard InChI is InChI=1S/C25H22FN3O4S2/c26-16-7-5-15(6-8-16)21-13-35-25(28-21)29-22(30)14-34-18-11-9-17(10-12-18)27-23(31)19-3-1-2-4-20(19)24(32)33/h1-2,5-13,19-20H,3-4,14H2,(H,27,31)(H,32,33)(H,28,29,30). The van der Waals surface area contributed by atoms with E-state index in [1.54, 1.807) is 47.9 Å². The van der Waals surface area contributed by atoms with Crippen LogP contribution in [0.1, 0.15) is 12.8 Å². The molecule has 0 aliphatic heterocycles. The molecule has 3 N–H and O–H groups in total. The largest absolute Gasteiger partial charge is 0.481 e. The van der Waals surface area contributed by atoms with E-state index in [0.29, 0.717) is 29.4 Å². The number of carbonyl (C=O) groups is 3. The molecular formula is C25H22FN3O4S2. The number of carboxylic acid groups (broad SMARTS) is 1. The molecule has 2 atom stereocenters. The summed E-state index contributed by atoms with van der Waals surface area (Å²) in [7, 11) is 0. The zero-order valence-corrected chi connectivity index (χ0v) is 20.1. The van der Waals surface area contributed by atoms with Gasteiger partial charge in [0.15, 0.2) is 5.13 Å². The van der Waals surface area contributed by atoms with Gasteiger partial charge in [-0.3, -0.25) is 14.4 Å². The van der Waals surface area contributed by atoms with Crippen LogP contribution in [0.4, 0.5) is 15.2 Å². The summed E-state index contributed by atoms with van der Waals surface area (Å²) < 4.78 is 13.1. The molecule has 2 aromatic carbocycles. The first-order valence-corrected chi connectivity index (χ1v) is 12.7. The van der Waals surface area contributed by atoms with Gasteiger partial charge >= 0.3 is 5.97 Å². The second-order valence-electron chi connectivity index (χ2n) is 7.89. The molecule has 1 heterocycles. The zero-order chi connectivity index (χ0) is 24.8. The average molecular weight is 512 g/mol. The number of hydrogen-bond acceptors (Lipinski definition) is 6. The van der Waals surface area contributed by atoms with Crippen LogP contribution in [-0.4, -0.2) is 33.6 Å². The summed E-state index contributed by atoms with van der Waals surface area (Å²) in [6.07, 6.45) is 4.38. The van der Waals surface area contributed by atoms with E-state index >= 15 is 0 Å². The van der Waals surface area contributed by atoms with Crippen molar-refractivity contribution in [3.8, 4) is 11.3 Å². The Morgan fingerprint density at radius 1 is 1.00 bits per heavy atom. The van der Waals surface area contributed by atoms with Gasteiger partial charge in [-0.2, -0.15) is 0 Å². The average Bonchev–Trinajstić information content (AvgIpc) is 3.32. The number of allylic oxidation sites excluding steroid dienone is 2. The van der Waals surface area contributed by atoms with Gasteiger partial charge in [-0.05, 0) is 61.4 Å². The molecule has 7 nitrogen and oxygen atoms in total. The lowest BCUT2D eigenvalue weighted by Gasteiger charge is -2.24. The first-order valence-electron chi connectivity index (χ1n) is 10.8. The lowest BCUT2D eigenvalue weighted by molar-refractivity contribution is -0.146. The number of thioether (sulfide) groups is 1. The third-order valence-electron chi connectivity index (χ3n) is 5.47. The normalized spacial score (nSPS) is 17.1. The van der Waals surface area contributed by atoms with E-state index in [1.807, 2.05) is 6.08 Å². The Labute approximate surface area is 209 Å². The van der Waals surface area contributed by atoms with Crippen LogP contribution in [0.25, 0.3) is 11.3 Å². The van der Waals surface area contributed by atoms with Crippen molar-refractivity contribution in [3.05, 3.63) is 71.9 Å². The molecule has 2 amide bonds. The van der Waals surface area contributed by atoms with Crippen LogP contribution in [0, 0.1) is 17.7 Å². The fraction of sp³-hybridized carbons (Fsp3) is 0.200. The van der Waals surface area contributed by atoms with Gasteiger partial charge in [-0.25, -0.2) is 9.37 Å². The summed E-state index contributed by atoms with van der Waals surface area (Å²) in [5.74, 6) is -2.97. The van der Waals surface area contributed by atoms with Crippen molar-refractivity contribution in [3.63, 3.8) is 0 Å². The molecule has 2 unspecified atom stereocenters. The molecule has 0 radical (unpaired) electrons. The SMILES string of the molecule is O=C(CSc1ccc(NC(=O)C2CC=CCC2C(=O)O)cc1)Nc1nc(-c2ccc(F)cc2)cs1. The number of hydrogen-bond donors (Lipinski definition) is 3. The number of rotatable bonds is 8. The highest BCUT2D eigenvalue weighted by molar-refractivity contribution is 8.00. The van der Waals surface area contributed by atoms with E-state index in [4.69, 9.17) is 0 Å². The predicted octanol–water partition coefficient (Wildman–Crippen LogP) is 5.29. The van der Waals surface area contributed by atoms with Crippen molar-refractivity contribution in [2.24, 2.45) is 11.8 Å². The van der Waals surface area contributed by atoms with E-state index < -0.39 is 17.8 Å². The molecule has 180 valence electrons. The molecule has 4 rings (SSSR count). The predicted molar refractivity (Wildman–Crippen MR) is 135 cm³/mol. The number of benzene rings is 2. The van der Waals surface area contributed by atoms with Gasteiger partial charge in [0, 0.05) is 21.5 Å². The highest BCUT2D eigenvalue weighted by Gasteiger charge is 2.33. The van der Waals surface area contributed by atoms with Gasteiger partial charge in [0.05, 0.1) is 23.3 Å². The number of nitrogens with one attached hydrogen (secondary N) is 2. The Hall–Kier alpha value is -3.50. The number of aliphatic carboxylic acids is 1. The minimum atomic E-state index is -0.969. The number of thiazole rings is 1. The molecule has 0 saturated heterocycles. The summed E-state index contributed by atoms with van der Waals surface area (Å²) in [6, 6.07) is 13.0. The second kappa shape index (κ2) is 11.3. The third kappa shape index (κ3) is 6.55. The summed E-state index contributed by atoms with van der Waals surface area (Å²) in [5.41, 5.74) is 2.00. The summed E-state index contributed by atoms with van der Waals surface area (Å²) in [6.45, 7) is 0. The Morgan fingerprint density at radius 2 is 1.69 bits per heavy atom. The van der Waals surface area contributed by atoms with Crippen LogP contribution in [-0.2, 0) is 14.4 Å². The number of amides is 2. The summed E-state index contributed by atoms with van der Waals surface area (Å²) in [4.78, 5) is 41.5. The van der Waals surface area contributed by atoms with Crippen molar-refractivity contribution in [2.45, 2.75) is 17.7 Å². The topological polar surface area (TPSA) is 108 Å². The van der Waals surface area contributed by atoms with E-state index in [0.717, 1.165) is 10.5 Å². The van der Waals surface area contributed by atoms with Crippen LogP contribution in [0.5, 0.6) is 0 Å². The molecular weight excluding hydrogens is 489 g/mol. The fourth-order valence-electron chi connectivity index (χ4n) is 3.63. The number of carboxylic acids is 1. The van der Waals surface area contributed by atoms with Crippen molar-refractivity contribution < 1.29 is 23.9 Å². The van der Waals surface area contributed by atoms with Crippen LogP contribution in [0.15, 0.2) is 71.0 Å². The second-order valence-corrected chi connectivity index (χ2v) is 9.80. The van der Waals surface area contributed by atoms with E-state index in [-0.39, 0.29) is 23.4 Å². The smallest absolute Gasteiger partial charge is 0.307 e. The van der Waals surface area contributed by atoms with Crippen molar-refractivity contribution in [2.75, 3.05) is 16.4 Å². The Balaban J connectivity index is 1.26. The Bertz CT molecular complexity index is 1240. The van der Waals surface area contributed by atoms with Gasteiger partial charge in [-0.15, -0.1) is 23.1 Å². The van der Waals surface area contributed by atoms with Crippen LogP contribution < -0.4 is 10.6 Å². The summed E-state index contributed by atoms with van der Waals surface area (Å²) >= 11 is 2.63. The Kier molecular flexibility index (Phi) is 7.94. The van der Waals surface area contributed by atoms with Crippen molar-refractivity contribution >= 4 is 51.7 Å². The first-order chi connectivity index (χ1) is 16.9. The van der Waals surface area contributed by atoms with Crippen molar-refractivity contribution in [1.82, 2.24) is 4.98 Å². The lowest BCUT2D eigenvalue weighted by Crippen LogP contribution is -2.34. The number of nitrogens with zero attached hydrogens (tertiary/aromatic N) is 1. The summed E-state index contributed by atoms with van der Waals surface area (Å²) in [5, 5.41) is 17.2. The van der Waals surface area contributed by atoms with Gasteiger partial charge in [0.1, 0.15) is 5.82 Å². The molecule has 35 heavy (non-hydrogen) atoms. The minimum absolute atomic E-state index is 0.172. The number of anilines is 2. The molecule has 0 saturated carbocycles. The van der Waals surface area contributed by atoms with E-state index in [1.165, 1.54) is 35.2 Å². The van der Waals surface area contributed by atoms with Crippen LogP contribution in [0.2, 0.25) is 0 Å². The fourth-order valence-corrected chi connectivity index (χ4v) is 5.07. The Morgan fingerprint density at radius 3 is 2.37 bits per heavy atom. The first kappa shape index (κ1) is 24.6. The molecule has 1 aromatic heterocycles. The van der Waals surface area contributed by atoms with Gasteiger partial charge < -0.3 is 15.7 Å². The highest BCUT2D eigenvalue weighted by atomic mass is 32.2. The van der Waals surface area contributed by atoms with Crippen molar-refractivity contribution in [1.29, 1.82) is 0 Å². The molecule has 10 heteroatoms. The number of halogens is 1. The molecule has 1 aliphatic carbocycles. The molecule has 0 fully saturated rings. The maximum absolute atomic E-state index is 13.1. The molecule has 3 aromatic rings. The molecule has 0 spiro atoms.